The largest absolute Gasteiger partial charge is 0.478 e. The van der Waals surface area contributed by atoms with Crippen molar-refractivity contribution in [3.63, 3.8) is 0 Å². The van der Waals surface area contributed by atoms with Crippen LogP contribution < -0.4 is 0 Å². The molecule has 0 atom stereocenters. The number of hydrogen-bond donors (Lipinski definition) is 2. The van der Waals surface area contributed by atoms with Gasteiger partial charge in [0.15, 0.2) is 0 Å². The van der Waals surface area contributed by atoms with Gasteiger partial charge in [-0.25, -0.2) is 9.59 Å². The minimum Gasteiger partial charge on any atom is -0.478 e. The lowest BCUT2D eigenvalue weighted by molar-refractivity contribution is -0.136. The van der Waals surface area contributed by atoms with Gasteiger partial charge in [0.05, 0.1) is 13.2 Å². The van der Waals surface area contributed by atoms with Crippen LogP contribution in [0.5, 0.6) is 0 Å². The molecule has 0 radical (unpaired) electrons. The maximum Gasteiger partial charge on any atom is 0.332 e. The van der Waals surface area contributed by atoms with Gasteiger partial charge in [-0.3, -0.25) is 4.90 Å². The van der Waals surface area contributed by atoms with Crippen molar-refractivity contribution in [1.82, 2.24) is 4.90 Å². The Morgan fingerprint density at radius 3 is 1.84 bits per heavy atom. The summed E-state index contributed by atoms with van der Waals surface area (Å²) < 4.78 is 5.31. The monoisotopic (exact) mass is 355 g/mol. The first kappa shape index (κ1) is 21.6. The van der Waals surface area contributed by atoms with Crippen molar-refractivity contribution in [1.29, 1.82) is 0 Å². The standard InChI is InChI=1S/C19H33NO5/c1-2-3-4-6-9-16(18(21)22)17(19(23)24)10-7-5-8-11-20-12-14-25-15-13-20/h2-15H2,1H3,(H,21,22)(H,23,24)/b17-16+. The lowest BCUT2D eigenvalue weighted by atomic mass is 9.97. The molecule has 6 heteroatoms. The van der Waals surface area contributed by atoms with Gasteiger partial charge in [0.2, 0.25) is 0 Å². The summed E-state index contributed by atoms with van der Waals surface area (Å²) >= 11 is 0. The molecule has 0 aromatic carbocycles. The van der Waals surface area contributed by atoms with Gasteiger partial charge >= 0.3 is 11.9 Å². The van der Waals surface area contributed by atoms with Gasteiger partial charge in [-0.05, 0) is 38.6 Å². The van der Waals surface area contributed by atoms with Crippen LogP contribution in [0.1, 0.15) is 64.7 Å². The Morgan fingerprint density at radius 1 is 0.840 bits per heavy atom. The van der Waals surface area contributed by atoms with Crippen LogP contribution in [-0.2, 0) is 14.3 Å². The topological polar surface area (TPSA) is 87.1 Å². The first-order chi connectivity index (χ1) is 12.1. The predicted molar refractivity (Wildman–Crippen MR) is 96.8 cm³/mol. The van der Waals surface area contributed by atoms with Gasteiger partial charge in [0.1, 0.15) is 0 Å². The summed E-state index contributed by atoms with van der Waals surface area (Å²) in [5.74, 6) is -2.16. The quantitative estimate of drug-likeness (QED) is 0.389. The summed E-state index contributed by atoms with van der Waals surface area (Å²) in [6, 6.07) is 0. The Labute approximate surface area is 150 Å². The summed E-state index contributed by atoms with van der Waals surface area (Å²) in [6.07, 6.45) is 7.14. The maximum absolute atomic E-state index is 11.5. The zero-order chi connectivity index (χ0) is 18.5. The van der Waals surface area contributed by atoms with Crippen molar-refractivity contribution in [2.45, 2.75) is 64.7 Å². The summed E-state index contributed by atoms with van der Waals surface area (Å²) in [7, 11) is 0. The molecule has 0 amide bonds. The number of hydrogen-bond acceptors (Lipinski definition) is 4. The lowest BCUT2D eigenvalue weighted by Gasteiger charge is -2.26. The van der Waals surface area contributed by atoms with Gasteiger partial charge in [0, 0.05) is 24.2 Å². The van der Waals surface area contributed by atoms with Gasteiger partial charge in [-0.15, -0.1) is 0 Å². The van der Waals surface area contributed by atoms with Gasteiger partial charge in [-0.2, -0.15) is 0 Å². The van der Waals surface area contributed by atoms with Gasteiger partial charge < -0.3 is 14.9 Å². The number of unbranched alkanes of at least 4 members (excludes halogenated alkanes) is 5. The van der Waals surface area contributed by atoms with Crippen molar-refractivity contribution >= 4 is 11.9 Å². The smallest absolute Gasteiger partial charge is 0.332 e. The molecule has 25 heavy (non-hydrogen) atoms. The number of carboxylic acid groups (broad SMARTS) is 2. The summed E-state index contributed by atoms with van der Waals surface area (Å²) in [5, 5.41) is 18.8. The predicted octanol–water partition coefficient (Wildman–Crippen LogP) is 3.32. The molecular weight excluding hydrogens is 322 g/mol. The number of aliphatic carboxylic acids is 2. The van der Waals surface area contributed by atoms with E-state index >= 15 is 0 Å². The highest BCUT2D eigenvalue weighted by Crippen LogP contribution is 2.20. The van der Waals surface area contributed by atoms with Crippen molar-refractivity contribution in [3.05, 3.63) is 11.1 Å². The SMILES string of the molecule is CCCCCC/C(C(=O)O)=C(/CCCCCN1CCOCC1)C(=O)O. The van der Waals surface area contributed by atoms with E-state index in [0.717, 1.165) is 77.8 Å². The van der Waals surface area contributed by atoms with E-state index in [9.17, 15) is 19.8 Å². The second-order valence-corrected chi connectivity index (χ2v) is 6.64. The van der Waals surface area contributed by atoms with Crippen molar-refractivity contribution in [2.24, 2.45) is 0 Å². The number of rotatable bonds is 13. The summed E-state index contributed by atoms with van der Waals surface area (Å²) in [4.78, 5) is 25.3. The molecule has 6 nitrogen and oxygen atoms in total. The van der Waals surface area contributed by atoms with Crippen LogP contribution in [0.15, 0.2) is 11.1 Å². The molecule has 1 saturated heterocycles. The minimum atomic E-state index is -1.08. The van der Waals surface area contributed by atoms with E-state index in [4.69, 9.17) is 4.74 Å². The normalized spacial score (nSPS) is 16.5. The van der Waals surface area contributed by atoms with Crippen LogP contribution in [-0.4, -0.2) is 59.9 Å². The molecule has 144 valence electrons. The van der Waals surface area contributed by atoms with Gasteiger partial charge in [-0.1, -0.05) is 32.6 Å². The molecule has 0 aromatic heterocycles. The number of morpholine rings is 1. The average molecular weight is 355 g/mol. The molecular formula is C19H33NO5. The third-order valence-electron chi connectivity index (χ3n) is 4.67. The first-order valence-corrected chi connectivity index (χ1v) is 9.55. The number of carboxylic acids is 2. The second kappa shape index (κ2) is 12.9. The van der Waals surface area contributed by atoms with Crippen molar-refractivity contribution < 1.29 is 24.5 Å². The van der Waals surface area contributed by atoms with Crippen molar-refractivity contribution in [3.8, 4) is 0 Å². The van der Waals surface area contributed by atoms with Crippen LogP contribution in [0.4, 0.5) is 0 Å². The fourth-order valence-electron chi connectivity index (χ4n) is 3.14. The highest BCUT2D eigenvalue weighted by Gasteiger charge is 2.19. The molecule has 1 aliphatic rings. The number of carbonyl (C=O) groups is 2. The van der Waals surface area contributed by atoms with E-state index in [1.54, 1.807) is 0 Å². The Kier molecular flexibility index (Phi) is 11.2. The molecule has 0 bridgehead atoms. The number of nitrogens with zero attached hydrogens (tertiary/aromatic N) is 1. The summed E-state index contributed by atoms with van der Waals surface area (Å²) in [5.41, 5.74) is 0.187. The molecule has 2 N–H and O–H groups in total. The Balaban J connectivity index is 2.43. The van der Waals surface area contributed by atoms with Crippen LogP contribution in [0.3, 0.4) is 0 Å². The second-order valence-electron chi connectivity index (χ2n) is 6.64. The van der Waals surface area contributed by atoms with Crippen LogP contribution in [0, 0.1) is 0 Å². The fourth-order valence-corrected chi connectivity index (χ4v) is 3.14. The molecule has 1 aliphatic heterocycles. The van der Waals surface area contributed by atoms with Gasteiger partial charge in [0.25, 0.3) is 0 Å². The highest BCUT2D eigenvalue weighted by atomic mass is 16.5. The van der Waals surface area contributed by atoms with E-state index in [-0.39, 0.29) is 11.1 Å². The van der Waals surface area contributed by atoms with Crippen LogP contribution in [0.2, 0.25) is 0 Å². The summed E-state index contributed by atoms with van der Waals surface area (Å²) in [6.45, 7) is 6.58. The molecule has 0 saturated carbocycles. The Hall–Kier alpha value is -1.40. The third-order valence-corrected chi connectivity index (χ3v) is 4.67. The highest BCUT2D eigenvalue weighted by molar-refractivity contribution is 5.98. The molecule has 1 heterocycles. The van der Waals surface area contributed by atoms with Crippen LogP contribution in [0.25, 0.3) is 0 Å². The minimum absolute atomic E-state index is 0.0929. The fraction of sp³-hybridized carbons (Fsp3) is 0.789. The Bertz CT molecular complexity index is 441. The zero-order valence-electron chi connectivity index (χ0n) is 15.5. The molecule has 0 unspecified atom stereocenters. The lowest BCUT2D eigenvalue weighted by Crippen LogP contribution is -2.36. The number of ether oxygens (including phenoxy) is 1. The van der Waals surface area contributed by atoms with E-state index < -0.39 is 11.9 Å². The van der Waals surface area contributed by atoms with E-state index in [1.165, 1.54) is 0 Å². The van der Waals surface area contributed by atoms with Crippen molar-refractivity contribution in [2.75, 3.05) is 32.8 Å². The molecule has 0 spiro atoms. The third kappa shape index (κ3) is 9.02. The zero-order valence-corrected chi connectivity index (χ0v) is 15.5. The molecule has 0 aromatic rings. The van der Waals surface area contributed by atoms with E-state index in [0.29, 0.717) is 12.8 Å². The van der Waals surface area contributed by atoms with Crippen LogP contribution >= 0.6 is 0 Å². The molecule has 1 rings (SSSR count). The van der Waals surface area contributed by atoms with E-state index in [2.05, 4.69) is 11.8 Å². The first-order valence-electron chi connectivity index (χ1n) is 9.55. The maximum atomic E-state index is 11.5. The molecule has 1 fully saturated rings. The average Bonchev–Trinajstić information content (AvgIpc) is 2.59. The van der Waals surface area contributed by atoms with E-state index in [1.807, 2.05) is 0 Å². The molecule has 0 aliphatic carbocycles. The Morgan fingerprint density at radius 2 is 1.36 bits per heavy atom.